The van der Waals surface area contributed by atoms with Crippen LogP contribution < -0.4 is 10.6 Å². The van der Waals surface area contributed by atoms with E-state index >= 15 is 0 Å². The number of aromatic nitrogens is 1. The molecule has 124 valence electrons. The number of urea groups is 1. The Kier molecular flexibility index (Phi) is 5.94. The molecule has 0 spiro atoms. The molecule has 2 aromatic rings. The Morgan fingerprint density at radius 1 is 1.21 bits per heavy atom. The van der Waals surface area contributed by atoms with Crippen molar-refractivity contribution in [3.8, 4) is 11.8 Å². The second kappa shape index (κ2) is 8.14. The SMILES string of the molecule is CC(C)(CCO)NC(=O)Nc1cccc(C#Cc2ccccn2)c1. The number of benzene rings is 1. The molecule has 1 aromatic carbocycles. The Bertz CT molecular complexity index is 746. The first-order valence-corrected chi connectivity index (χ1v) is 7.72. The number of aliphatic hydroxyl groups is 1. The van der Waals surface area contributed by atoms with Gasteiger partial charge in [0, 0.05) is 29.6 Å². The average molecular weight is 323 g/mol. The molecule has 0 fully saturated rings. The van der Waals surface area contributed by atoms with Crippen molar-refractivity contribution in [1.29, 1.82) is 0 Å². The third-order valence-corrected chi connectivity index (χ3v) is 3.31. The molecule has 0 aliphatic carbocycles. The van der Waals surface area contributed by atoms with E-state index in [-0.39, 0.29) is 12.6 Å². The summed E-state index contributed by atoms with van der Waals surface area (Å²) in [6.45, 7) is 3.74. The second-order valence-corrected chi connectivity index (χ2v) is 5.98. The first kappa shape index (κ1) is 17.5. The molecule has 1 heterocycles. The number of carbonyl (C=O) groups is 1. The maximum absolute atomic E-state index is 12.0. The number of pyridine rings is 1. The summed E-state index contributed by atoms with van der Waals surface area (Å²) in [4.78, 5) is 16.2. The van der Waals surface area contributed by atoms with E-state index in [9.17, 15) is 4.79 Å². The lowest BCUT2D eigenvalue weighted by atomic mass is 10.0. The first-order valence-electron chi connectivity index (χ1n) is 7.72. The number of nitrogens with one attached hydrogen (secondary N) is 2. The second-order valence-electron chi connectivity index (χ2n) is 5.98. The maximum Gasteiger partial charge on any atom is 0.319 e. The minimum Gasteiger partial charge on any atom is -0.396 e. The molecule has 2 rings (SSSR count). The van der Waals surface area contributed by atoms with E-state index in [2.05, 4.69) is 27.5 Å². The van der Waals surface area contributed by atoms with Crippen molar-refractivity contribution >= 4 is 11.7 Å². The van der Waals surface area contributed by atoms with Gasteiger partial charge >= 0.3 is 6.03 Å². The van der Waals surface area contributed by atoms with E-state index < -0.39 is 5.54 Å². The number of amides is 2. The molecule has 0 radical (unpaired) electrons. The van der Waals surface area contributed by atoms with Crippen LogP contribution in [0.5, 0.6) is 0 Å². The van der Waals surface area contributed by atoms with Gasteiger partial charge in [-0.05, 0) is 56.5 Å². The third-order valence-electron chi connectivity index (χ3n) is 3.31. The van der Waals surface area contributed by atoms with Gasteiger partial charge in [-0.1, -0.05) is 18.1 Å². The molecule has 0 saturated carbocycles. The van der Waals surface area contributed by atoms with Crippen LogP contribution in [0.1, 0.15) is 31.5 Å². The molecule has 0 atom stereocenters. The van der Waals surface area contributed by atoms with Gasteiger partial charge in [0.25, 0.3) is 0 Å². The van der Waals surface area contributed by atoms with Gasteiger partial charge in [0.05, 0.1) is 0 Å². The number of hydrogen-bond acceptors (Lipinski definition) is 3. The summed E-state index contributed by atoms with van der Waals surface area (Å²) in [6, 6.07) is 12.5. The summed E-state index contributed by atoms with van der Waals surface area (Å²) in [5, 5.41) is 14.6. The summed E-state index contributed by atoms with van der Waals surface area (Å²) < 4.78 is 0. The highest BCUT2D eigenvalue weighted by Gasteiger charge is 2.19. The van der Waals surface area contributed by atoms with E-state index in [4.69, 9.17) is 5.11 Å². The number of carbonyl (C=O) groups excluding carboxylic acids is 1. The largest absolute Gasteiger partial charge is 0.396 e. The van der Waals surface area contributed by atoms with E-state index in [1.807, 2.05) is 44.2 Å². The van der Waals surface area contributed by atoms with E-state index in [1.54, 1.807) is 18.3 Å². The molecule has 5 heteroatoms. The number of hydrogen-bond donors (Lipinski definition) is 3. The number of anilines is 1. The number of aliphatic hydroxyl groups excluding tert-OH is 1. The van der Waals surface area contributed by atoms with Crippen LogP contribution in [-0.2, 0) is 0 Å². The molecule has 0 bridgehead atoms. The predicted molar refractivity (Wildman–Crippen MR) is 94.6 cm³/mol. The molecule has 0 aliphatic heterocycles. The maximum atomic E-state index is 12.0. The smallest absolute Gasteiger partial charge is 0.319 e. The van der Waals surface area contributed by atoms with Crippen molar-refractivity contribution < 1.29 is 9.90 Å². The Morgan fingerprint density at radius 3 is 2.75 bits per heavy atom. The fourth-order valence-electron chi connectivity index (χ4n) is 2.06. The standard InChI is InChI=1S/C19H21N3O2/c1-19(2,11-13-23)22-18(24)21-17-8-5-6-15(14-17)9-10-16-7-3-4-12-20-16/h3-8,12,14,23H,11,13H2,1-2H3,(H2,21,22,24). The van der Waals surface area contributed by atoms with Gasteiger partial charge in [-0.2, -0.15) is 0 Å². The fraction of sp³-hybridized carbons (Fsp3) is 0.263. The minimum atomic E-state index is -0.477. The van der Waals surface area contributed by atoms with Gasteiger partial charge in [0.15, 0.2) is 0 Å². The van der Waals surface area contributed by atoms with Crippen molar-refractivity contribution in [1.82, 2.24) is 10.3 Å². The van der Waals surface area contributed by atoms with Gasteiger partial charge < -0.3 is 15.7 Å². The van der Waals surface area contributed by atoms with Crippen LogP contribution in [0.15, 0.2) is 48.7 Å². The van der Waals surface area contributed by atoms with Gasteiger partial charge in [-0.25, -0.2) is 9.78 Å². The Hall–Kier alpha value is -2.84. The van der Waals surface area contributed by atoms with Gasteiger partial charge in [-0.15, -0.1) is 0 Å². The van der Waals surface area contributed by atoms with Crippen molar-refractivity contribution in [3.05, 3.63) is 59.9 Å². The minimum absolute atomic E-state index is 0.0197. The van der Waals surface area contributed by atoms with Crippen LogP contribution in [0.3, 0.4) is 0 Å². The summed E-state index contributed by atoms with van der Waals surface area (Å²) >= 11 is 0. The highest BCUT2D eigenvalue weighted by Crippen LogP contribution is 2.12. The van der Waals surface area contributed by atoms with E-state index in [1.165, 1.54) is 0 Å². The lowest BCUT2D eigenvalue weighted by Gasteiger charge is -2.25. The molecular weight excluding hydrogens is 302 g/mol. The first-order chi connectivity index (χ1) is 11.5. The number of rotatable bonds is 4. The van der Waals surface area contributed by atoms with Crippen LogP contribution in [0.25, 0.3) is 0 Å². The predicted octanol–water partition coefficient (Wildman–Crippen LogP) is 2.76. The van der Waals surface area contributed by atoms with Gasteiger partial charge in [0.1, 0.15) is 5.69 Å². The molecular formula is C19H21N3O2. The summed E-state index contributed by atoms with van der Waals surface area (Å²) in [7, 11) is 0. The van der Waals surface area contributed by atoms with Gasteiger partial charge in [0.2, 0.25) is 0 Å². The molecule has 1 aromatic heterocycles. The fourth-order valence-corrected chi connectivity index (χ4v) is 2.06. The van der Waals surface area contributed by atoms with Crippen molar-refractivity contribution in [2.45, 2.75) is 25.8 Å². The monoisotopic (exact) mass is 323 g/mol. The zero-order valence-electron chi connectivity index (χ0n) is 13.8. The molecule has 2 amide bonds. The molecule has 0 aliphatic rings. The van der Waals surface area contributed by atoms with Crippen molar-refractivity contribution in [2.75, 3.05) is 11.9 Å². The zero-order valence-corrected chi connectivity index (χ0v) is 13.8. The molecule has 0 saturated heterocycles. The molecule has 3 N–H and O–H groups in total. The van der Waals surface area contributed by atoms with E-state index in [0.717, 1.165) is 5.56 Å². The van der Waals surface area contributed by atoms with Crippen molar-refractivity contribution in [3.63, 3.8) is 0 Å². The van der Waals surface area contributed by atoms with Crippen LogP contribution in [-0.4, -0.2) is 28.3 Å². The van der Waals surface area contributed by atoms with Crippen LogP contribution >= 0.6 is 0 Å². The van der Waals surface area contributed by atoms with Crippen LogP contribution in [0, 0.1) is 11.8 Å². The molecule has 5 nitrogen and oxygen atoms in total. The Balaban J connectivity index is 2.03. The lowest BCUT2D eigenvalue weighted by molar-refractivity contribution is 0.218. The average Bonchev–Trinajstić information content (AvgIpc) is 2.53. The van der Waals surface area contributed by atoms with Crippen LogP contribution in [0.2, 0.25) is 0 Å². The highest BCUT2D eigenvalue weighted by atomic mass is 16.3. The number of nitrogens with zero attached hydrogens (tertiary/aromatic N) is 1. The van der Waals surface area contributed by atoms with Gasteiger partial charge in [-0.3, -0.25) is 0 Å². The Morgan fingerprint density at radius 2 is 2.04 bits per heavy atom. The lowest BCUT2D eigenvalue weighted by Crippen LogP contribution is -2.46. The molecule has 24 heavy (non-hydrogen) atoms. The summed E-state index contributed by atoms with van der Waals surface area (Å²) in [6.07, 6.45) is 2.18. The topological polar surface area (TPSA) is 74.2 Å². The van der Waals surface area contributed by atoms with Crippen molar-refractivity contribution in [2.24, 2.45) is 0 Å². The Labute approximate surface area is 142 Å². The van der Waals surface area contributed by atoms with Crippen LogP contribution in [0.4, 0.5) is 10.5 Å². The quantitative estimate of drug-likeness (QED) is 0.758. The zero-order chi connectivity index (χ0) is 17.4. The third kappa shape index (κ3) is 5.75. The summed E-state index contributed by atoms with van der Waals surface area (Å²) in [5.41, 5.74) is 1.66. The molecule has 0 unspecified atom stereocenters. The van der Waals surface area contributed by atoms with E-state index in [0.29, 0.717) is 17.8 Å². The highest BCUT2D eigenvalue weighted by molar-refractivity contribution is 5.89. The normalized spacial score (nSPS) is 10.5. The summed E-state index contributed by atoms with van der Waals surface area (Å²) in [5.74, 6) is 6.01.